The number of halogens is 3. The highest BCUT2D eigenvalue weighted by atomic mass is 79.9. The SMILES string of the molecule is O=C1c2c(Cl)ccc(Cl)c2C(=O)N1c1ccccc1C[P+](c1ccccc1)(c1ccccc1)c1ccccc1.[Br-]. The van der Waals surface area contributed by atoms with Crippen LogP contribution in [0.5, 0.6) is 0 Å². The largest absolute Gasteiger partial charge is 1.00 e. The van der Waals surface area contributed by atoms with E-state index in [0.29, 0.717) is 11.8 Å². The van der Waals surface area contributed by atoms with Crippen molar-refractivity contribution in [2.75, 3.05) is 4.90 Å². The highest BCUT2D eigenvalue weighted by Crippen LogP contribution is 2.59. The van der Waals surface area contributed by atoms with Gasteiger partial charge in [-0.1, -0.05) is 96.0 Å². The molecule has 0 saturated heterocycles. The van der Waals surface area contributed by atoms with Crippen LogP contribution >= 0.6 is 30.5 Å². The van der Waals surface area contributed by atoms with Crippen molar-refractivity contribution in [2.45, 2.75) is 6.16 Å². The van der Waals surface area contributed by atoms with Crippen LogP contribution in [0.2, 0.25) is 10.0 Å². The molecule has 7 heteroatoms. The second-order valence-electron chi connectivity index (χ2n) is 9.33. The van der Waals surface area contributed by atoms with E-state index in [1.54, 1.807) is 12.1 Å². The third-order valence-electron chi connectivity index (χ3n) is 7.17. The number of imide groups is 1. The molecule has 2 amide bonds. The van der Waals surface area contributed by atoms with E-state index in [1.165, 1.54) is 20.8 Å². The normalized spacial score (nSPS) is 12.7. The number of nitrogens with zero attached hydrogens (tertiary/aromatic N) is 1. The number of carbonyl (C=O) groups is 2. The average molecular weight is 647 g/mol. The third-order valence-corrected chi connectivity index (χ3v) is 12.2. The smallest absolute Gasteiger partial charge is 0.267 e. The van der Waals surface area contributed by atoms with Gasteiger partial charge in [0.1, 0.15) is 29.3 Å². The van der Waals surface area contributed by atoms with Crippen LogP contribution in [0, 0.1) is 0 Å². The van der Waals surface area contributed by atoms with Crippen molar-refractivity contribution in [3.8, 4) is 0 Å². The van der Waals surface area contributed by atoms with Gasteiger partial charge in [-0.25, -0.2) is 4.90 Å². The van der Waals surface area contributed by atoms with Crippen LogP contribution in [0.4, 0.5) is 5.69 Å². The van der Waals surface area contributed by atoms with E-state index >= 15 is 0 Å². The van der Waals surface area contributed by atoms with Crippen molar-refractivity contribution in [3.05, 3.63) is 154 Å². The summed E-state index contributed by atoms with van der Waals surface area (Å²) in [7, 11) is -2.28. The Morgan fingerprint density at radius 1 is 0.525 bits per heavy atom. The van der Waals surface area contributed by atoms with Gasteiger partial charge in [-0.2, -0.15) is 0 Å². The number of benzene rings is 5. The lowest BCUT2D eigenvalue weighted by Gasteiger charge is -2.29. The first-order valence-electron chi connectivity index (χ1n) is 12.5. The molecule has 0 aliphatic carbocycles. The van der Waals surface area contributed by atoms with Crippen molar-refractivity contribution < 1.29 is 26.6 Å². The minimum atomic E-state index is -2.28. The van der Waals surface area contributed by atoms with E-state index in [0.717, 1.165) is 5.56 Å². The van der Waals surface area contributed by atoms with E-state index in [9.17, 15) is 9.59 Å². The van der Waals surface area contributed by atoms with Gasteiger partial charge in [-0.3, -0.25) is 9.59 Å². The summed E-state index contributed by atoms with van der Waals surface area (Å²) >= 11 is 12.8. The fourth-order valence-electron chi connectivity index (χ4n) is 5.39. The second kappa shape index (κ2) is 11.7. The van der Waals surface area contributed by atoms with Crippen LogP contribution < -0.4 is 37.8 Å². The summed E-state index contributed by atoms with van der Waals surface area (Å²) in [5.74, 6) is -0.920. The fourth-order valence-corrected chi connectivity index (χ4v) is 10.1. The van der Waals surface area contributed by atoms with Crippen LogP contribution in [0.15, 0.2) is 127 Å². The van der Waals surface area contributed by atoms with Crippen molar-refractivity contribution in [3.63, 3.8) is 0 Å². The second-order valence-corrected chi connectivity index (χ2v) is 13.6. The Kier molecular flexibility index (Phi) is 8.26. The summed E-state index contributed by atoms with van der Waals surface area (Å²) in [6.45, 7) is 0. The molecule has 5 aromatic rings. The molecule has 0 saturated carbocycles. The molecule has 0 fully saturated rings. The fraction of sp³-hybridized carbons (Fsp3) is 0.0303. The Labute approximate surface area is 254 Å². The molecular formula is C33H23BrCl2NO2P. The zero-order chi connectivity index (χ0) is 27.0. The number of hydrogen-bond donors (Lipinski definition) is 0. The number of para-hydroxylation sites is 1. The van der Waals surface area contributed by atoms with Crippen LogP contribution in [0.25, 0.3) is 0 Å². The number of rotatable bonds is 6. The molecule has 0 bridgehead atoms. The van der Waals surface area contributed by atoms with Crippen molar-refractivity contribution in [2.24, 2.45) is 0 Å². The van der Waals surface area contributed by atoms with Gasteiger partial charge in [-0.15, -0.1) is 0 Å². The molecule has 1 aliphatic rings. The first-order valence-corrected chi connectivity index (χ1v) is 15.2. The van der Waals surface area contributed by atoms with Crippen LogP contribution in [0.1, 0.15) is 26.3 Å². The molecule has 0 radical (unpaired) electrons. The summed E-state index contributed by atoms with van der Waals surface area (Å²) in [5, 5.41) is 4.07. The standard InChI is InChI=1S/C33H23Cl2NO2P.BrH/c34-27-20-21-28(35)31-30(27)32(37)36(33(31)38)29-19-11-10-12-23(29)22-39(24-13-4-1-5-14-24,25-15-6-2-7-16-25)26-17-8-3-9-18-26;/h1-21H,22H2;1H/q+1;/p-1. The Balaban J connectivity index is 0.00000323. The van der Waals surface area contributed by atoms with Gasteiger partial charge in [-0.05, 0) is 54.6 Å². The van der Waals surface area contributed by atoms with Crippen molar-refractivity contribution in [1.29, 1.82) is 0 Å². The molecule has 0 unspecified atom stereocenters. The highest BCUT2D eigenvalue weighted by Gasteiger charge is 2.47. The molecule has 1 aliphatic heterocycles. The molecule has 198 valence electrons. The van der Waals surface area contributed by atoms with E-state index in [1.807, 2.05) is 42.5 Å². The number of amides is 2. The number of anilines is 1. The number of hydrogen-bond acceptors (Lipinski definition) is 2. The van der Waals surface area contributed by atoms with Gasteiger partial charge in [0.25, 0.3) is 11.8 Å². The van der Waals surface area contributed by atoms with E-state index in [2.05, 4.69) is 72.8 Å². The quantitative estimate of drug-likeness (QED) is 0.204. The highest BCUT2D eigenvalue weighted by molar-refractivity contribution is 7.95. The molecule has 0 atom stereocenters. The van der Waals surface area contributed by atoms with E-state index in [-0.39, 0.29) is 38.2 Å². The zero-order valence-electron chi connectivity index (χ0n) is 21.2. The summed E-state index contributed by atoms with van der Waals surface area (Å²) in [6.07, 6.45) is 0.607. The summed E-state index contributed by atoms with van der Waals surface area (Å²) in [6, 6.07) is 42.3. The van der Waals surface area contributed by atoms with Gasteiger partial charge in [0.05, 0.1) is 26.9 Å². The maximum Gasteiger partial charge on any atom is 0.267 e. The first kappa shape index (κ1) is 28.3. The molecule has 3 nitrogen and oxygen atoms in total. The van der Waals surface area contributed by atoms with Crippen LogP contribution in [-0.4, -0.2) is 11.8 Å². The molecule has 6 rings (SSSR count). The average Bonchev–Trinajstić information content (AvgIpc) is 3.26. The minimum Gasteiger partial charge on any atom is -1.00 e. The first-order chi connectivity index (χ1) is 19.0. The Bertz CT molecular complexity index is 1560. The zero-order valence-corrected chi connectivity index (χ0v) is 25.2. The lowest BCUT2D eigenvalue weighted by Crippen LogP contribution is -3.00. The molecular weight excluding hydrogens is 624 g/mol. The maximum atomic E-state index is 13.7. The summed E-state index contributed by atoms with van der Waals surface area (Å²) in [4.78, 5) is 28.6. The third kappa shape index (κ3) is 4.70. The number of fused-ring (bicyclic) bond motifs is 1. The molecule has 1 heterocycles. The topological polar surface area (TPSA) is 37.4 Å². The van der Waals surface area contributed by atoms with Crippen molar-refractivity contribution in [1.82, 2.24) is 0 Å². The molecule has 0 aromatic heterocycles. The monoisotopic (exact) mass is 645 g/mol. The molecule has 0 N–H and O–H groups in total. The molecule has 5 aromatic carbocycles. The van der Waals surface area contributed by atoms with E-state index in [4.69, 9.17) is 23.2 Å². The summed E-state index contributed by atoms with van der Waals surface area (Å²) in [5.41, 5.74) is 1.74. The Morgan fingerprint density at radius 3 is 1.32 bits per heavy atom. The molecule has 0 spiro atoms. The Morgan fingerprint density at radius 2 is 0.900 bits per heavy atom. The minimum absolute atomic E-state index is 0. The lowest BCUT2D eigenvalue weighted by molar-refractivity contribution is -0.0000238. The number of carbonyl (C=O) groups excluding carboxylic acids is 2. The van der Waals surface area contributed by atoms with Gasteiger partial charge >= 0.3 is 0 Å². The summed E-state index contributed by atoms with van der Waals surface area (Å²) < 4.78 is 0. The van der Waals surface area contributed by atoms with Gasteiger partial charge in [0.15, 0.2) is 0 Å². The van der Waals surface area contributed by atoms with Crippen LogP contribution in [-0.2, 0) is 6.16 Å². The van der Waals surface area contributed by atoms with Gasteiger partial charge < -0.3 is 17.0 Å². The predicted octanol–water partition coefficient (Wildman–Crippen LogP) is 4.29. The Hall–Kier alpha value is -3.27. The van der Waals surface area contributed by atoms with Crippen molar-refractivity contribution >= 4 is 63.9 Å². The van der Waals surface area contributed by atoms with Gasteiger partial charge in [0, 0.05) is 5.56 Å². The maximum absolute atomic E-state index is 13.7. The van der Waals surface area contributed by atoms with Gasteiger partial charge in [0.2, 0.25) is 0 Å². The molecule has 40 heavy (non-hydrogen) atoms. The van der Waals surface area contributed by atoms with Crippen LogP contribution in [0.3, 0.4) is 0 Å². The predicted molar refractivity (Wildman–Crippen MR) is 163 cm³/mol. The van der Waals surface area contributed by atoms with E-state index < -0.39 is 19.1 Å². The lowest BCUT2D eigenvalue weighted by atomic mass is 10.1.